The van der Waals surface area contributed by atoms with Crippen molar-refractivity contribution < 1.29 is 28.2 Å². The second-order valence-electron chi connectivity index (χ2n) is 6.79. The maximum absolute atomic E-state index is 12.4. The van der Waals surface area contributed by atoms with Crippen molar-refractivity contribution >= 4 is 12.0 Å². The molecule has 128 valence electrons. The number of hydrogen-bond acceptors (Lipinski definition) is 6. The minimum absolute atomic E-state index is 0.451. The summed E-state index contributed by atoms with van der Waals surface area (Å²) >= 11 is 0. The molecular weight excluding hydrogens is 302 g/mol. The first-order valence-corrected chi connectivity index (χ1v) is 7.38. The van der Waals surface area contributed by atoms with Crippen LogP contribution in [0, 0.1) is 0 Å². The van der Waals surface area contributed by atoms with E-state index in [-0.39, 0.29) is 0 Å². The van der Waals surface area contributed by atoms with Gasteiger partial charge in [-0.3, -0.25) is 4.79 Å². The van der Waals surface area contributed by atoms with E-state index in [9.17, 15) is 9.59 Å². The molecule has 1 aliphatic rings. The van der Waals surface area contributed by atoms with Crippen LogP contribution in [0.3, 0.4) is 0 Å². The van der Waals surface area contributed by atoms with Gasteiger partial charge in [0.15, 0.2) is 11.9 Å². The molecule has 1 aliphatic heterocycles. The van der Waals surface area contributed by atoms with Gasteiger partial charge in [-0.05, 0) is 46.8 Å². The van der Waals surface area contributed by atoms with E-state index in [4.69, 9.17) is 18.6 Å². The lowest BCUT2D eigenvalue weighted by molar-refractivity contribution is -0.253. The molecule has 0 unspecified atom stereocenters. The highest BCUT2D eigenvalue weighted by Gasteiger charge is 2.56. The van der Waals surface area contributed by atoms with Crippen LogP contribution in [-0.4, -0.2) is 41.5 Å². The van der Waals surface area contributed by atoms with Crippen LogP contribution in [0.5, 0.6) is 0 Å². The molecule has 2 rings (SSSR count). The first kappa shape index (κ1) is 17.5. The molecule has 1 fully saturated rings. The van der Waals surface area contributed by atoms with Gasteiger partial charge in [-0.25, -0.2) is 9.69 Å². The van der Waals surface area contributed by atoms with Gasteiger partial charge in [-0.2, -0.15) is 0 Å². The first-order chi connectivity index (χ1) is 10.6. The lowest BCUT2D eigenvalue weighted by Gasteiger charge is -2.46. The molecule has 1 aromatic heterocycles. The van der Waals surface area contributed by atoms with Crippen LogP contribution in [0.1, 0.15) is 46.4 Å². The third-order valence-corrected chi connectivity index (χ3v) is 3.37. The lowest BCUT2D eigenvalue weighted by atomic mass is 9.95. The molecule has 0 radical (unpaired) electrons. The zero-order chi connectivity index (χ0) is 17.4. The minimum atomic E-state index is -0.967. The van der Waals surface area contributed by atoms with Crippen LogP contribution in [-0.2, 0) is 19.0 Å². The molecule has 1 saturated heterocycles. The zero-order valence-corrected chi connectivity index (χ0v) is 14.3. The summed E-state index contributed by atoms with van der Waals surface area (Å²) in [4.78, 5) is 25.7. The Morgan fingerprint density at radius 1 is 1.26 bits per heavy atom. The predicted octanol–water partition coefficient (Wildman–Crippen LogP) is 2.87. The quantitative estimate of drug-likeness (QED) is 0.626. The smallest absolute Gasteiger partial charge is 0.417 e. The molecule has 0 N–H and O–H groups in total. The van der Waals surface area contributed by atoms with Crippen molar-refractivity contribution in [1.29, 1.82) is 0 Å². The van der Waals surface area contributed by atoms with E-state index < -0.39 is 35.5 Å². The summed E-state index contributed by atoms with van der Waals surface area (Å²) in [7, 11) is 1.48. The van der Waals surface area contributed by atoms with Crippen molar-refractivity contribution in [2.75, 3.05) is 7.11 Å². The van der Waals surface area contributed by atoms with Crippen LogP contribution in [0.15, 0.2) is 22.8 Å². The Hall–Kier alpha value is -1.86. The highest BCUT2D eigenvalue weighted by molar-refractivity contribution is 6.01. The van der Waals surface area contributed by atoms with Gasteiger partial charge in [0.2, 0.25) is 0 Å². The molecule has 0 aliphatic carbocycles. The summed E-state index contributed by atoms with van der Waals surface area (Å²) < 4.78 is 21.5. The molecule has 2 amide bonds. The second-order valence-corrected chi connectivity index (χ2v) is 6.79. The highest BCUT2D eigenvalue weighted by Crippen LogP contribution is 2.40. The van der Waals surface area contributed by atoms with Gasteiger partial charge in [0.25, 0.3) is 5.91 Å². The van der Waals surface area contributed by atoms with Crippen LogP contribution in [0.25, 0.3) is 0 Å². The largest absolute Gasteiger partial charge is 0.467 e. The molecular formula is C16H23NO6. The Bertz CT molecular complexity index is 572. The number of β-lactam (4-membered cyclic amide) rings is 1. The number of rotatable bonds is 4. The number of methoxy groups -OCH3 is 1. The summed E-state index contributed by atoms with van der Waals surface area (Å²) in [6.45, 7) is 8.59. The van der Waals surface area contributed by atoms with E-state index in [0.29, 0.717) is 5.76 Å². The number of carbonyl (C=O) groups is 2. The van der Waals surface area contributed by atoms with E-state index in [1.165, 1.54) is 13.4 Å². The summed E-state index contributed by atoms with van der Waals surface area (Å²) in [6, 6.07) is 2.69. The summed E-state index contributed by atoms with van der Waals surface area (Å²) in [5.41, 5.74) is -0.706. The minimum Gasteiger partial charge on any atom is -0.467 e. The second kappa shape index (κ2) is 5.98. The maximum atomic E-state index is 12.4. The number of hydrogen-bond donors (Lipinski definition) is 0. The Labute approximate surface area is 135 Å². The fraction of sp³-hybridized carbons (Fsp3) is 0.625. The lowest BCUT2D eigenvalue weighted by Crippen LogP contribution is -2.64. The molecule has 0 aromatic carbocycles. The number of carbonyl (C=O) groups excluding carboxylic acids is 2. The summed E-state index contributed by atoms with van der Waals surface area (Å²) in [6.07, 6.45) is -0.119. The number of nitrogens with zero attached hydrogens (tertiary/aromatic N) is 1. The molecule has 7 nitrogen and oxygen atoms in total. The Morgan fingerprint density at radius 3 is 2.39 bits per heavy atom. The summed E-state index contributed by atoms with van der Waals surface area (Å²) in [5, 5.41) is 0. The molecule has 23 heavy (non-hydrogen) atoms. The first-order valence-electron chi connectivity index (χ1n) is 7.38. The molecule has 7 heteroatoms. The predicted molar refractivity (Wildman–Crippen MR) is 80.5 cm³/mol. The van der Waals surface area contributed by atoms with Crippen molar-refractivity contribution in [2.45, 2.75) is 58.2 Å². The standard InChI is InChI=1S/C16H23NO6/c1-15(2,3)23-14(19)17-11(10-8-7-9-21-10)12(13(17)18)22-16(4,5)20-6/h7-9,11-12H,1-6H3/t11-,12+/m0/s1. The van der Waals surface area contributed by atoms with Crippen molar-refractivity contribution in [2.24, 2.45) is 0 Å². The monoisotopic (exact) mass is 325 g/mol. The van der Waals surface area contributed by atoms with Gasteiger partial charge >= 0.3 is 6.09 Å². The Morgan fingerprint density at radius 2 is 1.91 bits per heavy atom. The third kappa shape index (κ3) is 3.73. The average molecular weight is 325 g/mol. The molecule has 2 heterocycles. The van der Waals surface area contributed by atoms with E-state index in [2.05, 4.69) is 0 Å². The molecule has 0 saturated carbocycles. The fourth-order valence-corrected chi connectivity index (χ4v) is 2.18. The number of imide groups is 1. The maximum Gasteiger partial charge on any atom is 0.417 e. The van der Waals surface area contributed by atoms with Gasteiger partial charge in [0, 0.05) is 7.11 Å². The van der Waals surface area contributed by atoms with E-state index in [1.54, 1.807) is 46.8 Å². The normalized spacial score (nSPS) is 22.0. The average Bonchev–Trinajstić information content (AvgIpc) is 2.93. The van der Waals surface area contributed by atoms with Gasteiger partial charge in [-0.1, -0.05) is 0 Å². The SMILES string of the molecule is COC(C)(C)O[C@H]1C(=O)N(C(=O)OC(C)(C)C)[C@H]1c1ccco1. The fourth-order valence-electron chi connectivity index (χ4n) is 2.18. The number of ether oxygens (including phenoxy) is 3. The van der Waals surface area contributed by atoms with Crippen LogP contribution in [0.4, 0.5) is 4.79 Å². The Kier molecular flexibility index (Phi) is 4.54. The molecule has 1 aromatic rings. The molecule has 0 bridgehead atoms. The Balaban J connectivity index is 2.23. The van der Waals surface area contributed by atoms with Crippen molar-refractivity contribution in [3.63, 3.8) is 0 Å². The number of furan rings is 1. The van der Waals surface area contributed by atoms with E-state index >= 15 is 0 Å². The van der Waals surface area contributed by atoms with Crippen molar-refractivity contribution in [3.05, 3.63) is 24.2 Å². The summed E-state index contributed by atoms with van der Waals surface area (Å²) in [5.74, 6) is -0.997. The van der Waals surface area contributed by atoms with Crippen LogP contribution >= 0.6 is 0 Å². The van der Waals surface area contributed by atoms with Gasteiger partial charge in [0.1, 0.15) is 17.4 Å². The van der Waals surface area contributed by atoms with E-state index in [0.717, 1.165) is 4.90 Å². The number of amides is 2. The van der Waals surface area contributed by atoms with Crippen LogP contribution in [0.2, 0.25) is 0 Å². The topological polar surface area (TPSA) is 78.2 Å². The van der Waals surface area contributed by atoms with Gasteiger partial charge in [0.05, 0.1) is 6.26 Å². The highest BCUT2D eigenvalue weighted by atomic mass is 16.7. The zero-order valence-electron chi connectivity index (χ0n) is 14.3. The molecule has 2 atom stereocenters. The number of likely N-dealkylation sites (tertiary alicyclic amines) is 1. The van der Waals surface area contributed by atoms with Gasteiger partial charge in [-0.15, -0.1) is 0 Å². The van der Waals surface area contributed by atoms with Crippen LogP contribution < -0.4 is 0 Å². The van der Waals surface area contributed by atoms with E-state index in [1.807, 2.05) is 0 Å². The molecule has 0 spiro atoms. The third-order valence-electron chi connectivity index (χ3n) is 3.37. The van der Waals surface area contributed by atoms with Crippen molar-refractivity contribution in [1.82, 2.24) is 4.90 Å². The van der Waals surface area contributed by atoms with Gasteiger partial charge < -0.3 is 18.6 Å². The van der Waals surface area contributed by atoms with Crippen molar-refractivity contribution in [3.8, 4) is 0 Å².